The molecule has 0 aromatic carbocycles. The van der Waals surface area contributed by atoms with Crippen molar-refractivity contribution >= 4 is 11.6 Å². The van der Waals surface area contributed by atoms with E-state index in [1.807, 2.05) is 0 Å². The predicted molar refractivity (Wildman–Crippen MR) is 66.2 cm³/mol. The van der Waals surface area contributed by atoms with Crippen molar-refractivity contribution < 1.29 is 4.79 Å². The Bertz CT molecular complexity index is 549. The van der Waals surface area contributed by atoms with Gasteiger partial charge >= 0.3 is 0 Å². The van der Waals surface area contributed by atoms with Crippen molar-refractivity contribution in [3.05, 3.63) is 48.3 Å². The summed E-state index contributed by atoms with van der Waals surface area (Å²) in [6, 6.07) is 5.20. The third-order valence-electron chi connectivity index (χ3n) is 2.77. The number of hydrogen-bond donors (Lipinski definition) is 1. The number of anilines is 1. The number of carbonyl (C=O) groups excluding carboxylic acids is 1. The summed E-state index contributed by atoms with van der Waals surface area (Å²) < 4.78 is 0. The molecule has 5 heteroatoms. The van der Waals surface area contributed by atoms with E-state index in [1.165, 1.54) is 12.8 Å². The molecule has 0 radical (unpaired) electrons. The maximum atomic E-state index is 11.8. The fraction of sp³-hybridized carbons (Fsp3) is 0.231. The van der Waals surface area contributed by atoms with Gasteiger partial charge in [0.05, 0.1) is 18.1 Å². The summed E-state index contributed by atoms with van der Waals surface area (Å²) in [6.07, 6.45) is 7.20. The highest BCUT2D eigenvalue weighted by molar-refractivity contribution is 6.02. The second kappa shape index (κ2) is 4.52. The average Bonchev–Trinajstić information content (AvgIpc) is 3.25. The number of rotatable bonds is 3. The van der Waals surface area contributed by atoms with Crippen molar-refractivity contribution in [2.45, 2.75) is 18.8 Å². The summed E-state index contributed by atoms with van der Waals surface area (Å²) >= 11 is 0. The molecule has 5 nitrogen and oxygen atoms in total. The summed E-state index contributed by atoms with van der Waals surface area (Å²) in [7, 11) is 0. The van der Waals surface area contributed by atoms with Crippen LogP contribution >= 0.6 is 0 Å². The molecule has 1 aliphatic carbocycles. The number of nitrogens with zero attached hydrogens (tertiary/aromatic N) is 3. The number of nitrogens with one attached hydrogen (secondary N) is 1. The molecule has 2 aromatic rings. The van der Waals surface area contributed by atoms with Crippen LogP contribution in [0, 0.1) is 0 Å². The van der Waals surface area contributed by atoms with Crippen LogP contribution in [0.4, 0.5) is 5.69 Å². The van der Waals surface area contributed by atoms with Crippen LogP contribution in [-0.2, 0) is 0 Å². The van der Waals surface area contributed by atoms with Gasteiger partial charge in [0, 0.05) is 12.1 Å². The summed E-state index contributed by atoms with van der Waals surface area (Å²) in [5, 5.41) is 2.72. The molecule has 1 aliphatic rings. The molecule has 2 heterocycles. The minimum Gasteiger partial charge on any atom is -0.318 e. The van der Waals surface area contributed by atoms with Crippen LogP contribution in [0.15, 0.2) is 36.8 Å². The minimum absolute atomic E-state index is 0.252. The molecule has 0 bridgehead atoms. The van der Waals surface area contributed by atoms with E-state index in [4.69, 9.17) is 0 Å². The summed E-state index contributed by atoms with van der Waals surface area (Å²) in [5.41, 5.74) is 0.971. The van der Waals surface area contributed by atoms with Crippen molar-refractivity contribution in [2.24, 2.45) is 0 Å². The Morgan fingerprint density at radius 1 is 1.17 bits per heavy atom. The van der Waals surface area contributed by atoms with Gasteiger partial charge in [0.2, 0.25) is 0 Å². The molecule has 3 rings (SSSR count). The Morgan fingerprint density at radius 2 is 1.94 bits per heavy atom. The van der Waals surface area contributed by atoms with Crippen LogP contribution in [0.2, 0.25) is 0 Å². The van der Waals surface area contributed by atoms with Gasteiger partial charge in [-0.1, -0.05) is 6.07 Å². The highest BCUT2D eigenvalue weighted by Gasteiger charge is 2.26. The molecule has 0 atom stereocenters. The Hall–Kier alpha value is -2.30. The summed E-state index contributed by atoms with van der Waals surface area (Å²) in [4.78, 5) is 24.3. The van der Waals surface area contributed by atoms with E-state index in [9.17, 15) is 4.79 Å². The lowest BCUT2D eigenvalue weighted by Gasteiger charge is -2.04. The third-order valence-corrected chi connectivity index (χ3v) is 2.77. The van der Waals surface area contributed by atoms with Gasteiger partial charge in [-0.15, -0.1) is 0 Å². The highest BCUT2D eigenvalue weighted by atomic mass is 16.1. The van der Waals surface area contributed by atoms with Gasteiger partial charge in [-0.2, -0.15) is 0 Å². The van der Waals surface area contributed by atoms with Crippen LogP contribution in [0.5, 0.6) is 0 Å². The molecule has 1 N–H and O–H groups in total. The van der Waals surface area contributed by atoms with Crippen molar-refractivity contribution in [1.82, 2.24) is 15.0 Å². The van der Waals surface area contributed by atoms with Crippen molar-refractivity contribution in [2.75, 3.05) is 5.32 Å². The number of carbonyl (C=O) groups is 1. The van der Waals surface area contributed by atoms with Crippen LogP contribution in [0.3, 0.4) is 0 Å². The molecule has 1 fully saturated rings. The lowest BCUT2D eigenvalue weighted by molar-refractivity contribution is 0.102. The van der Waals surface area contributed by atoms with Crippen LogP contribution in [0.1, 0.15) is 35.1 Å². The normalized spacial score (nSPS) is 14.2. The van der Waals surface area contributed by atoms with Crippen LogP contribution < -0.4 is 5.32 Å². The summed E-state index contributed by atoms with van der Waals surface area (Å²) in [6.45, 7) is 0. The number of pyridine rings is 1. The van der Waals surface area contributed by atoms with E-state index in [1.54, 1.807) is 36.8 Å². The van der Waals surface area contributed by atoms with E-state index in [0.717, 1.165) is 5.82 Å². The molecule has 0 spiro atoms. The van der Waals surface area contributed by atoms with Crippen molar-refractivity contribution in [3.63, 3.8) is 0 Å². The first-order chi connectivity index (χ1) is 8.83. The zero-order chi connectivity index (χ0) is 12.4. The average molecular weight is 240 g/mol. The lowest BCUT2D eigenvalue weighted by Crippen LogP contribution is -2.13. The quantitative estimate of drug-likeness (QED) is 0.891. The summed E-state index contributed by atoms with van der Waals surface area (Å²) in [5.74, 6) is 1.13. The second-order valence-corrected chi connectivity index (χ2v) is 4.27. The smallest absolute Gasteiger partial charge is 0.274 e. The fourth-order valence-corrected chi connectivity index (χ4v) is 1.65. The largest absolute Gasteiger partial charge is 0.318 e. The lowest BCUT2D eigenvalue weighted by atomic mass is 10.3. The van der Waals surface area contributed by atoms with E-state index < -0.39 is 0 Å². The standard InChI is InChI=1S/C13H12N4O/c18-13(11-3-1-2-6-14-11)17-10-7-15-12(16-8-10)9-4-5-9/h1-3,6-9H,4-5H2,(H,17,18). The maximum Gasteiger partial charge on any atom is 0.274 e. The monoisotopic (exact) mass is 240 g/mol. The third kappa shape index (κ3) is 2.34. The molecule has 1 saturated carbocycles. The van der Waals surface area contributed by atoms with E-state index >= 15 is 0 Å². The van der Waals surface area contributed by atoms with E-state index in [-0.39, 0.29) is 5.91 Å². The predicted octanol–water partition coefficient (Wildman–Crippen LogP) is 2.00. The first-order valence-electron chi connectivity index (χ1n) is 5.87. The Kier molecular flexibility index (Phi) is 2.72. The van der Waals surface area contributed by atoms with Gasteiger partial charge in [0.25, 0.3) is 5.91 Å². The van der Waals surface area contributed by atoms with Gasteiger partial charge < -0.3 is 5.32 Å². The molecular weight excluding hydrogens is 228 g/mol. The first kappa shape index (κ1) is 10.8. The van der Waals surface area contributed by atoms with Crippen LogP contribution in [0.25, 0.3) is 0 Å². The number of aromatic nitrogens is 3. The van der Waals surface area contributed by atoms with Crippen LogP contribution in [-0.4, -0.2) is 20.9 Å². The van der Waals surface area contributed by atoms with E-state index in [2.05, 4.69) is 20.3 Å². The molecule has 0 unspecified atom stereocenters. The maximum absolute atomic E-state index is 11.8. The Labute approximate surface area is 104 Å². The second-order valence-electron chi connectivity index (χ2n) is 4.27. The Morgan fingerprint density at radius 3 is 2.56 bits per heavy atom. The zero-order valence-corrected chi connectivity index (χ0v) is 9.71. The van der Waals surface area contributed by atoms with Gasteiger partial charge in [-0.25, -0.2) is 9.97 Å². The molecule has 2 aromatic heterocycles. The number of hydrogen-bond acceptors (Lipinski definition) is 4. The molecule has 0 saturated heterocycles. The van der Waals surface area contributed by atoms with Gasteiger partial charge in [-0.05, 0) is 25.0 Å². The molecule has 0 aliphatic heterocycles. The fourth-order valence-electron chi connectivity index (χ4n) is 1.65. The molecule has 90 valence electrons. The highest BCUT2D eigenvalue weighted by Crippen LogP contribution is 2.37. The SMILES string of the molecule is O=C(Nc1cnc(C2CC2)nc1)c1ccccn1. The number of amides is 1. The molecule has 1 amide bonds. The first-order valence-corrected chi connectivity index (χ1v) is 5.87. The molecular formula is C13H12N4O. The molecule has 18 heavy (non-hydrogen) atoms. The van der Waals surface area contributed by atoms with E-state index in [0.29, 0.717) is 17.3 Å². The van der Waals surface area contributed by atoms with Gasteiger partial charge in [0.1, 0.15) is 11.5 Å². The van der Waals surface area contributed by atoms with Gasteiger partial charge in [0.15, 0.2) is 0 Å². The van der Waals surface area contributed by atoms with Crippen molar-refractivity contribution in [1.29, 1.82) is 0 Å². The minimum atomic E-state index is -0.252. The van der Waals surface area contributed by atoms with Crippen molar-refractivity contribution in [3.8, 4) is 0 Å². The topological polar surface area (TPSA) is 67.8 Å². The zero-order valence-electron chi connectivity index (χ0n) is 9.71. The van der Waals surface area contributed by atoms with Gasteiger partial charge in [-0.3, -0.25) is 9.78 Å². The Balaban J connectivity index is 1.70.